The molecule has 0 aliphatic rings. The average Bonchev–Trinajstić information content (AvgIpc) is 3.41. The number of methoxy groups -OCH3 is 1. The van der Waals surface area contributed by atoms with E-state index in [2.05, 4.69) is 15.5 Å². The SMILES string of the molecule is CCOC(=O)c1ccc(NC(=O)CSc2nnc(-c3cc4cccc(OC)c4o3)n2C)cc1. The number of carbonyl (C=O) groups excluding carboxylic acids is 2. The van der Waals surface area contributed by atoms with Gasteiger partial charge in [-0.25, -0.2) is 4.79 Å². The zero-order valence-corrected chi connectivity index (χ0v) is 19.1. The fraction of sp³-hybridized carbons (Fsp3) is 0.217. The van der Waals surface area contributed by atoms with Gasteiger partial charge in [0, 0.05) is 18.1 Å². The van der Waals surface area contributed by atoms with Crippen molar-refractivity contribution in [1.29, 1.82) is 0 Å². The van der Waals surface area contributed by atoms with Gasteiger partial charge >= 0.3 is 5.97 Å². The van der Waals surface area contributed by atoms with Crippen molar-refractivity contribution in [2.45, 2.75) is 12.1 Å². The van der Waals surface area contributed by atoms with Gasteiger partial charge in [-0.1, -0.05) is 23.9 Å². The van der Waals surface area contributed by atoms with Crippen LogP contribution in [0.2, 0.25) is 0 Å². The summed E-state index contributed by atoms with van der Waals surface area (Å²) in [6.07, 6.45) is 0. The Labute approximate surface area is 194 Å². The van der Waals surface area contributed by atoms with Gasteiger partial charge in [0.05, 0.1) is 25.0 Å². The second kappa shape index (κ2) is 9.78. The highest BCUT2D eigenvalue weighted by Crippen LogP contribution is 2.33. The molecule has 2 aromatic heterocycles. The number of hydrogen-bond donors (Lipinski definition) is 1. The van der Waals surface area contributed by atoms with E-state index < -0.39 is 5.97 Å². The normalized spacial score (nSPS) is 10.9. The van der Waals surface area contributed by atoms with E-state index in [1.165, 1.54) is 11.8 Å². The molecule has 4 aromatic rings. The maximum absolute atomic E-state index is 12.4. The zero-order chi connectivity index (χ0) is 23.4. The second-order valence-corrected chi connectivity index (χ2v) is 7.93. The molecule has 0 unspecified atom stereocenters. The number of hydrogen-bond acceptors (Lipinski definition) is 8. The Morgan fingerprint density at radius 3 is 2.67 bits per heavy atom. The minimum Gasteiger partial charge on any atom is -0.493 e. The number of thioether (sulfide) groups is 1. The van der Waals surface area contributed by atoms with E-state index in [-0.39, 0.29) is 11.7 Å². The van der Waals surface area contributed by atoms with Crippen LogP contribution in [0.1, 0.15) is 17.3 Å². The highest BCUT2D eigenvalue weighted by molar-refractivity contribution is 7.99. The molecule has 4 rings (SSSR count). The fourth-order valence-corrected chi connectivity index (χ4v) is 3.90. The fourth-order valence-electron chi connectivity index (χ4n) is 3.19. The summed E-state index contributed by atoms with van der Waals surface area (Å²) in [6, 6.07) is 14.1. The van der Waals surface area contributed by atoms with Gasteiger partial charge < -0.3 is 23.8 Å². The molecule has 0 radical (unpaired) electrons. The first kappa shape index (κ1) is 22.4. The van der Waals surface area contributed by atoms with Crippen LogP contribution in [0.15, 0.2) is 58.1 Å². The van der Waals surface area contributed by atoms with Crippen molar-refractivity contribution in [3.8, 4) is 17.3 Å². The molecular weight excluding hydrogens is 444 g/mol. The summed E-state index contributed by atoms with van der Waals surface area (Å²) in [5.41, 5.74) is 1.66. The number of furan rings is 1. The van der Waals surface area contributed by atoms with E-state index in [4.69, 9.17) is 13.9 Å². The molecule has 10 heteroatoms. The molecule has 0 aliphatic carbocycles. The minimum atomic E-state index is -0.396. The maximum Gasteiger partial charge on any atom is 0.338 e. The molecule has 33 heavy (non-hydrogen) atoms. The summed E-state index contributed by atoms with van der Waals surface area (Å²) in [5.74, 6) is 1.28. The first-order valence-corrected chi connectivity index (χ1v) is 11.1. The number of rotatable bonds is 8. The van der Waals surface area contributed by atoms with E-state index in [9.17, 15) is 9.59 Å². The summed E-state index contributed by atoms with van der Waals surface area (Å²) in [4.78, 5) is 24.1. The van der Waals surface area contributed by atoms with E-state index in [1.807, 2.05) is 31.3 Å². The van der Waals surface area contributed by atoms with Crippen molar-refractivity contribution < 1.29 is 23.5 Å². The number of benzene rings is 2. The number of nitrogens with one attached hydrogen (secondary N) is 1. The van der Waals surface area contributed by atoms with Gasteiger partial charge in [-0.2, -0.15) is 0 Å². The molecule has 0 fully saturated rings. The molecule has 0 saturated carbocycles. The Kier molecular flexibility index (Phi) is 6.64. The quantitative estimate of drug-likeness (QED) is 0.305. The highest BCUT2D eigenvalue weighted by Gasteiger charge is 2.18. The number of fused-ring (bicyclic) bond motifs is 1. The summed E-state index contributed by atoms with van der Waals surface area (Å²) in [6.45, 7) is 2.06. The zero-order valence-electron chi connectivity index (χ0n) is 18.3. The third-order valence-corrected chi connectivity index (χ3v) is 5.82. The largest absolute Gasteiger partial charge is 0.493 e. The van der Waals surface area contributed by atoms with E-state index >= 15 is 0 Å². The summed E-state index contributed by atoms with van der Waals surface area (Å²) >= 11 is 1.26. The lowest BCUT2D eigenvalue weighted by molar-refractivity contribution is -0.113. The van der Waals surface area contributed by atoms with Crippen molar-refractivity contribution >= 4 is 40.3 Å². The third-order valence-electron chi connectivity index (χ3n) is 4.80. The Morgan fingerprint density at radius 2 is 1.94 bits per heavy atom. The topological polar surface area (TPSA) is 108 Å². The van der Waals surface area contributed by atoms with E-state index in [1.54, 1.807) is 42.9 Å². The summed E-state index contributed by atoms with van der Waals surface area (Å²) < 4.78 is 18.0. The lowest BCUT2D eigenvalue weighted by atomic mass is 10.2. The van der Waals surface area contributed by atoms with Crippen LogP contribution < -0.4 is 10.1 Å². The number of esters is 1. The van der Waals surface area contributed by atoms with Gasteiger partial charge in [-0.3, -0.25) is 4.79 Å². The second-order valence-electron chi connectivity index (χ2n) is 6.99. The van der Waals surface area contributed by atoms with Gasteiger partial charge in [-0.05, 0) is 43.3 Å². The van der Waals surface area contributed by atoms with Gasteiger partial charge in [0.15, 0.2) is 28.1 Å². The van der Waals surface area contributed by atoms with Crippen LogP contribution in [-0.4, -0.2) is 46.1 Å². The van der Waals surface area contributed by atoms with Gasteiger partial charge in [0.1, 0.15) is 0 Å². The van der Waals surface area contributed by atoms with Crippen LogP contribution in [0.5, 0.6) is 5.75 Å². The van der Waals surface area contributed by atoms with Gasteiger partial charge in [0.2, 0.25) is 5.91 Å². The number of amides is 1. The Bertz CT molecular complexity index is 1300. The number of ether oxygens (including phenoxy) is 2. The molecule has 1 amide bonds. The molecule has 1 N–H and O–H groups in total. The number of aromatic nitrogens is 3. The maximum atomic E-state index is 12.4. The van der Waals surface area contributed by atoms with Crippen molar-refractivity contribution in [2.24, 2.45) is 7.05 Å². The van der Waals surface area contributed by atoms with Gasteiger partial charge in [-0.15, -0.1) is 10.2 Å². The first-order chi connectivity index (χ1) is 16.0. The molecule has 2 heterocycles. The molecule has 2 aromatic carbocycles. The molecule has 9 nitrogen and oxygen atoms in total. The first-order valence-electron chi connectivity index (χ1n) is 10.2. The van der Waals surface area contributed by atoms with Crippen LogP contribution in [0.25, 0.3) is 22.6 Å². The van der Waals surface area contributed by atoms with Crippen molar-refractivity contribution in [3.05, 3.63) is 54.1 Å². The van der Waals surface area contributed by atoms with Crippen LogP contribution in [0.3, 0.4) is 0 Å². The predicted octanol–water partition coefficient (Wildman–Crippen LogP) is 4.14. The van der Waals surface area contributed by atoms with Crippen molar-refractivity contribution in [1.82, 2.24) is 14.8 Å². The molecule has 0 atom stereocenters. The average molecular weight is 467 g/mol. The number of nitrogens with zero attached hydrogens (tertiary/aromatic N) is 3. The van der Waals surface area contributed by atoms with Crippen LogP contribution in [0.4, 0.5) is 5.69 Å². The smallest absolute Gasteiger partial charge is 0.338 e. The molecule has 0 bridgehead atoms. The standard InChI is InChI=1S/C23H22N4O5S/c1-4-31-22(29)14-8-10-16(11-9-14)24-19(28)13-33-23-26-25-21(27(23)2)18-12-15-6-5-7-17(30-3)20(15)32-18/h5-12H,4,13H2,1-3H3,(H,24,28). The highest BCUT2D eigenvalue weighted by atomic mass is 32.2. The Balaban J connectivity index is 1.40. The van der Waals surface area contributed by atoms with Crippen molar-refractivity contribution in [3.63, 3.8) is 0 Å². The van der Waals surface area contributed by atoms with Crippen LogP contribution >= 0.6 is 11.8 Å². The summed E-state index contributed by atoms with van der Waals surface area (Å²) in [7, 11) is 3.40. The minimum absolute atomic E-state index is 0.138. The predicted molar refractivity (Wildman–Crippen MR) is 125 cm³/mol. The number of para-hydroxylation sites is 1. The summed E-state index contributed by atoms with van der Waals surface area (Å²) in [5, 5.41) is 12.7. The molecular formula is C23H22N4O5S. The van der Waals surface area contributed by atoms with Crippen LogP contribution in [-0.2, 0) is 16.6 Å². The number of carbonyl (C=O) groups is 2. The molecule has 170 valence electrons. The van der Waals surface area contributed by atoms with Gasteiger partial charge in [0.25, 0.3) is 0 Å². The molecule has 0 aliphatic heterocycles. The lowest BCUT2D eigenvalue weighted by Gasteiger charge is -2.06. The number of anilines is 1. The molecule has 0 saturated heterocycles. The molecule has 0 spiro atoms. The van der Waals surface area contributed by atoms with E-state index in [0.29, 0.717) is 45.9 Å². The van der Waals surface area contributed by atoms with E-state index in [0.717, 1.165) is 5.39 Å². The Hall–Kier alpha value is -3.79. The van der Waals surface area contributed by atoms with Crippen LogP contribution in [0, 0.1) is 0 Å². The lowest BCUT2D eigenvalue weighted by Crippen LogP contribution is -2.14. The third kappa shape index (κ3) is 4.85. The monoisotopic (exact) mass is 466 g/mol. The van der Waals surface area contributed by atoms with Crippen molar-refractivity contribution in [2.75, 3.05) is 24.8 Å². The Morgan fingerprint density at radius 1 is 1.15 bits per heavy atom.